The predicted molar refractivity (Wildman–Crippen MR) is 81.3 cm³/mol. The summed E-state index contributed by atoms with van der Waals surface area (Å²) in [6.07, 6.45) is 0. The van der Waals surface area contributed by atoms with Gasteiger partial charge in [0.05, 0.1) is 25.2 Å². The molecule has 2 aromatic rings. The lowest BCUT2D eigenvalue weighted by Gasteiger charge is -2.11. The average Bonchev–Trinajstić information content (AvgIpc) is 3.01. The summed E-state index contributed by atoms with van der Waals surface area (Å²) < 4.78 is 36.7. The van der Waals surface area contributed by atoms with Gasteiger partial charge in [-0.05, 0) is 11.4 Å². The summed E-state index contributed by atoms with van der Waals surface area (Å²) >= 11 is 1.00. The molecule has 0 fully saturated rings. The zero-order chi connectivity index (χ0) is 16.3. The average molecular weight is 344 g/mol. The van der Waals surface area contributed by atoms with E-state index < -0.39 is 20.6 Å². The van der Waals surface area contributed by atoms with Crippen LogP contribution in [-0.2, 0) is 10.0 Å². The van der Waals surface area contributed by atoms with Crippen molar-refractivity contribution in [3.63, 3.8) is 0 Å². The van der Waals surface area contributed by atoms with E-state index in [9.17, 15) is 18.5 Å². The van der Waals surface area contributed by atoms with E-state index in [4.69, 9.17) is 9.47 Å². The Labute approximate surface area is 130 Å². The molecule has 1 aromatic heterocycles. The first-order chi connectivity index (χ1) is 10.4. The van der Waals surface area contributed by atoms with Gasteiger partial charge in [-0.15, -0.1) is 11.3 Å². The van der Waals surface area contributed by atoms with Gasteiger partial charge in [0.2, 0.25) is 0 Å². The van der Waals surface area contributed by atoms with Gasteiger partial charge in [-0.1, -0.05) is 6.07 Å². The summed E-state index contributed by atoms with van der Waals surface area (Å²) in [5.74, 6) is 0.310. The van der Waals surface area contributed by atoms with Crippen molar-refractivity contribution in [2.75, 3.05) is 18.9 Å². The minimum absolute atomic E-state index is 0.0524. The van der Waals surface area contributed by atoms with E-state index in [0.29, 0.717) is 0 Å². The summed E-state index contributed by atoms with van der Waals surface area (Å²) in [6.45, 7) is 0. The minimum atomic E-state index is -3.90. The van der Waals surface area contributed by atoms with Crippen LogP contribution in [0.25, 0.3) is 0 Å². The van der Waals surface area contributed by atoms with E-state index in [1.54, 1.807) is 11.4 Å². The molecule has 8 nitrogen and oxygen atoms in total. The molecule has 2 rings (SSSR count). The Morgan fingerprint density at radius 1 is 1.23 bits per heavy atom. The Kier molecular flexibility index (Phi) is 4.52. The molecule has 0 amide bonds. The van der Waals surface area contributed by atoms with Gasteiger partial charge >= 0.3 is 0 Å². The third kappa shape index (κ3) is 3.12. The standard InChI is InChI=1S/C12H12N2O6S2/c1-19-10-6-8(9(14(15)16)7-11(10)20-2)13-22(17,18)12-4-3-5-21-12/h3-7,13H,1-2H3. The normalized spacial score (nSPS) is 11.0. The second kappa shape index (κ2) is 6.20. The number of nitro groups is 1. The molecular formula is C12H12N2O6S2. The molecule has 0 radical (unpaired) electrons. The van der Waals surface area contributed by atoms with Crippen LogP contribution in [0.15, 0.2) is 33.9 Å². The number of sulfonamides is 1. The number of hydrogen-bond acceptors (Lipinski definition) is 7. The second-order valence-electron chi connectivity index (χ2n) is 4.02. The molecule has 1 N–H and O–H groups in total. The van der Waals surface area contributed by atoms with Gasteiger partial charge in [0.1, 0.15) is 9.90 Å². The van der Waals surface area contributed by atoms with E-state index >= 15 is 0 Å². The van der Waals surface area contributed by atoms with Gasteiger partial charge in [-0.2, -0.15) is 0 Å². The molecular weight excluding hydrogens is 332 g/mol. The lowest BCUT2D eigenvalue weighted by molar-refractivity contribution is -0.384. The number of nitro benzene ring substituents is 1. The maximum Gasteiger partial charge on any atom is 0.297 e. The Bertz CT molecular complexity index is 786. The number of thiophene rings is 1. The smallest absolute Gasteiger partial charge is 0.297 e. The molecule has 22 heavy (non-hydrogen) atoms. The van der Waals surface area contributed by atoms with Gasteiger partial charge in [0, 0.05) is 6.07 Å². The van der Waals surface area contributed by atoms with Gasteiger partial charge in [0.15, 0.2) is 11.5 Å². The molecule has 1 aromatic carbocycles. The summed E-state index contributed by atoms with van der Waals surface area (Å²) in [5, 5.41) is 12.7. The first-order valence-electron chi connectivity index (χ1n) is 5.85. The van der Waals surface area contributed by atoms with Gasteiger partial charge in [-0.3, -0.25) is 14.8 Å². The van der Waals surface area contributed by atoms with Crippen molar-refractivity contribution in [2.24, 2.45) is 0 Å². The van der Waals surface area contributed by atoms with E-state index in [0.717, 1.165) is 17.4 Å². The number of hydrogen-bond donors (Lipinski definition) is 1. The highest BCUT2D eigenvalue weighted by Gasteiger charge is 2.24. The van der Waals surface area contributed by atoms with Gasteiger partial charge in [-0.25, -0.2) is 8.42 Å². The van der Waals surface area contributed by atoms with Crippen LogP contribution < -0.4 is 14.2 Å². The summed E-state index contributed by atoms with van der Waals surface area (Å²) in [7, 11) is -1.22. The maximum absolute atomic E-state index is 12.2. The molecule has 0 aliphatic rings. The molecule has 1 heterocycles. The molecule has 0 aliphatic carbocycles. The zero-order valence-corrected chi connectivity index (χ0v) is 13.2. The van der Waals surface area contributed by atoms with Crippen molar-refractivity contribution >= 4 is 32.7 Å². The number of nitrogens with one attached hydrogen (secondary N) is 1. The molecule has 0 atom stereocenters. The number of methoxy groups -OCH3 is 2. The molecule has 0 aliphatic heterocycles. The van der Waals surface area contributed by atoms with Crippen LogP contribution in [-0.4, -0.2) is 27.6 Å². The first-order valence-corrected chi connectivity index (χ1v) is 8.22. The molecule has 0 spiro atoms. The summed E-state index contributed by atoms with van der Waals surface area (Å²) in [4.78, 5) is 10.4. The second-order valence-corrected chi connectivity index (χ2v) is 6.88. The SMILES string of the molecule is COc1cc(NS(=O)(=O)c2cccs2)c([N+](=O)[O-])cc1OC. The highest BCUT2D eigenvalue weighted by atomic mass is 32.2. The molecule has 0 saturated carbocycles. The number of ether oxygens (including phenoxy) is 2. The fourth-order valence-corrected chi connectivity index (χ4v) is 3.77. The fourth-order valence-electron chi connectivity index (χ4n) is 1.71. The highest BCUT2D eigenvalue weighted by molar-refractivity contribution is 7.94. The van der Waals surface area contributed by atoms with Crippen molar-refractivity contribution < 1.29 is 22.8 Å². The molecule has 118 valence electrons. The maximum atomic E-state index is 12.2. The highest BCUT2D eigenvalue weighted by Crippen LogP contribution is 2.38. The predicted octanol–water partition coefficient (Wildman–Crippen LogP) is 2.47. The van der Waals surface area contributed by atoms with E-state index in [-0.39, 0.29) is 21.4 Å². The summed E-state index contributed by atoms with van der Waals surface area (Å²) in [5.41, 5.74) is -0.631. The van der Waals surface area contributed by atoms with Crippen LogP contribution in [0.2, 0.25) is 0 Å². The van der Waals surface area contributed by atoms with Crippen molar-refractivity contribution in [2.45, 2.75) is 4.21 Å². The van der Waals surface area contributed by atoms with E-state index in [2.05, 4.69) is 4.72 Å². The van der Waals surface area contributed by atoms with Gasteiger partial charge < -0.3 is 9.47 Å². The quantitative estimate of drug-likeness (QED) is 0.637. The minimum Gasteiger partial charge on any atom is -0.493 e. The largest absolute Gasteiger partial charge is 0.493 e. The van der Waals surface area contributed by atoms with Crippen LogP contribution in [0.5, 0.6) is 11.5 Å². The van der Waals surface area contributed by atoms with Crippen molar-refractivity contribution in [1.29, 1.82) is 0 Å². The van der Waals surface area contributed by atoms with E-state index in [1.807, 2.05) is 0 Å². The first kappa shape index (κ1) is 16.0. The lowest BCUT2D eigenvalue weighted by atomic mass is 10.2. The molecule has 0 unspecified atom stereocenters. The van der Waals surface area contributed by atoms with Crippen molar-refractivity contribution in [3.8, 4) is 11.5 Å². The van der Waals surface area contributed by atoms with Crippen molar-refractivity contribution in [1.82, 2.24) is 0 Å². The number of rotatable bonds is 6. The Morgan fingerprint density at radius 3 is 2.36 bits per heavy atom. The molecule has 0 saturated heterocycles. The third-order valence-electron chi connectivity index (χ3n) is 2.70. The third-order valence-corrected chi connectivity index (χ3v) is 5.47. The topological polar surface area (TPSA) is 108 Å². The lowest BCUT2D eigenvalue weighted by Crippen LogP contribution is -2.13. The van der Waals surface area contributed by atoms with Crippen molar-refractivity contribution in [3.05, 3.63) is 39.8 Å². The monoisotopic (exact) mass is 344 g/mol. The number of benzene rings is 1. The van der Waals surface area contributed by atoms with Crippen LogP contribution in [0.3, 0.4) is 0 Å². The van der Waals surface area contributed by atoms with Crippen LogP contribution in [0, 0.1) is 10.1 Å². The Balaban J connectivity index is 2.52. The summed E-state index contributed by atoms with van der Waals surface area (Å²) in [6, 6.07) is 5.29. The van der Waals surface area contributed by atoms with Crippen LogP contribution in [0.1, 0.15) is 0 Å². The van der Waals surface area contributed by atoms with Crippen LogP contribution in [0.4, 0.5) is 11.4 Å². The molecule has 10 heteroatoms. The fraction of sp³-hybridized carbons (Fsp3) is 0.167. The van der Waals surface area contributed by atoms with E-state index in [1.165, 1.54) is 26.4 Å². The number of anilines is 1. The zero-order valence-electron chi connectivity index (χ0n) is 11.6. The molecule has 0 bridgehead atoms. The Hall–Kier alpha value is -2.33. The Morgan fingerprint density at radius 2 is 1.86 bits per heavy atom. The number of nitrogens with zero attached hydrogens (tertiary/aromatic N) is 1. The van der Waals surface area contributed by atoms with Gasteiger partial charge in [0.25, 0.3) is 15.7 Å². The van der Waals surface area contributed by atoms with Crippen LogP contribution >= 0.6 is 11.3 Å².